The van der Waals surface area contributed by atoms with Crippen molar-refractivity contribution in [3.05, 3.63) is 71.0 Å². The monoisotopic (exact) mass is 342 g/mol. The summed E-state index contributed by atoms with van der Waals surface area (Å²) in [4.78, 5) is 16.4. The number of aryl methyl sites for hydroxylation is 1. The number of rotatable bonds is 4. The third kappa shape index (κ3) is 4.24. The van der Waals surface area contributed by atoms with Gasteiger partial charge in [-0.2, -0.15) is 0 Å². The topological polar surface area (TPSA) is 43.8 Å². The molecule has 0 aliphatic carbocycles. The second-order valence-electron chi connectivity index (χ2n) is 6.48. The van der Waals surface area contributed by atoms with Gasteiger partial charge < -0.3 is 10.0 Å². The lowest BCUT2D eigenvalue weighted by atomic mass is 10.1. The molecule has 1 amide bonds. The van der Waals surface area contributed by atoms with Gasteiger partial charge in [0.1, 0.15) is 5.82 Å². The van der Waals surface area contributed by atoms with E-state index in [2.05, 4.69) is 4.90 Å². The van der Waals surface area contributed by atoms with Gasteiger partial charge in [0.2, 0.25) is 0 Å². The molecule has 0 radical (unpaired) electrons. The molecule has 0 unspecified atom stereocenters. The number of carbonyl (C=O) groups excluding carboxylic acids is 1. The van der Waals surface area contributed by atoms with Gasteiger partial charge in [-0.05, 0) is 30.2 Å². The Labute approximate surface area is 147 Å². The molecule has 1 aliphatic rings. The first-order valence-corrected chi connectivity index (χ1v) is 8.55. The van der Waals surface area contributed by atoms with Crippen LogP contribution in [0, 0.1) is 12.7 Å². The van der Waals surface area contributed by atoms with Gasteiger partial charge in [0.05, 0.1) is 6.10 Å². The van der Waals surface area contributed by atoms with Crippen LogP contribution in [0.4, 0.5) is 4.39 Å². The van der Waals surface area contributed by atoms with Gasteiger partial charge in [0.15, 0.2) is 0 Å². The third-order valence-electron chi connectivity index (χ3n) is 4.69. The molecule has 132 valence electrons. The number of halogens is 1. The van der Waals surface area contributed by atoms with E-state index in [1.807, 2.05) is 30.3 Å². The Morgan fingerprint density at radius 2 is 1.80 bits per heavy atom. The maximum Gasteiger partial charge on any atom is 0.254 e. The van der Waals surface area contributed by atoms with E-state index in [9.17, 15) is 14.3 Å². The summed E-state index contributed by atoms with van der Waals surface area (Å²) in [7, 11) is 0. The molecule has 1 heterocycles. The first-order valence-electron chi connectivity index (χ1n) is 8.55. The first-order chi connectivity index (χ1) is 12.0. The Balaban J connectivity index is 1.54. The highest BCUT2D eigenvalue weighted by Gasteiger charge is 2.24. The summed E-state index contributed by atoms with van der Waals surface area (Å²) < 4.78 is 13.7. The van der Waals surface area contributed by atoms with E-state index in [0.29, 0.717) is 43.9 Å². The summed E-state index contributed by atoms with van der Waals surface area (Å²) in [6.45, 7) is 4.78. The Bertz CT molecular complexity index is 728. The van der Waals surface area contributed by atoms with Crippen molar-refractivity contribution in [1.82, 2.24) is 9.80 Å². The van der Waals surface area contributed by atoms with Gasteiger partial charge in [0, 0.05) is 38.3 Å². The van der Waals surface area contributed by atoms with Crippen molar-refractivity contribution in [3.63, 3.8) is 0 Å². The minimum absolute atomic E-state index is 0.137. The van der Waals surface area contributed by atoms with Gasteiger partial charge >= 0.3 is 0 Å². The normalized spacial score (nSPS) is 16.7. The lowest BCUT2D eigenvalue weighted by Gasteiger charge is -2.35. The van der Waals surface area contributed by atoms with Gasteiger partial charge in [-0.1, -0.05) is 36.4 Å². The zero-order valence-corrected chi connectivity index (χ0v) is 14.4. The molecule has 2 aromatic carbocycles. The lowest BCUT2D eigenvalue weighted by molar-refractivity contribution is 0.0527. The second-order valence-corrected chi connectivity index (χ2v) is 6.48. The molecular formula is C20H23FN2O2. The van der Waals surface area contributed by atoms with Gasteiger partial charge in [-0.3, -0.25) is 9.69 Å². The molecule has 0 aromatic heterocycles. The predicted molar refractivity (Wildman–Crippen MR) is 94.9 cm³/mol. The van der Waals surface area contributed by atoms with Crippen LogP contribution in [0.5, 0.6) is 0 Å². The van der Waals surface area contributed by atoms with E-state index < -0.39 is 6.10 Å². The number of carbonyl (C=O) groups is 1. The zero-order chi connectivity index (χ0) is 17.8. The fourth-order valence-corrected chi connectivity index (χ4v) is 3.07. The van der Waals surface area contributed by atoms with E-state index in [4.69, 9.17) is 0 Å². The molecule has 2 aromatic rings. The number of hydrogen-bond donors (Lipinski definition) is 1. The summed E-state index contributed by atoms with van der Waals surface area (Å²) >= 11 is 0. The van der Waals surface area contributed by atoms with Gasteiger partial charge in [-0.15, -0.1) is 0 Å². The number of piperazine rings is 1. The molecule has 1 atom stereocenters. The summed E-state index contributed by atoms with van der Waals surface area (Å²) in [5.74, 6) is -0.488. The standard InChI is InChI=1S/C20H23FN2O2/c1-15-7-8-17(13-18(15)21)20(25)23-11-9-22(10-12-23)14-19(24)16-5-3-2-4-6-16/h2-8,13,19,24H,9-12,14H2,1H3/t19-/m1/s1. The SMILES string of the molecule is Cc1ccc(C(=O)N2CCN(C[C@@H](O)c3ccccc3)CC2)cc1F. The van der Waals surface area contributed by atoms with Crippen LogP contribution in [0.25, 0.3) is 0 Å². The van der Waals surface area contributed by atoms with E-state index in [1.165, 1.54) is 6.07 Å². The molecule has 1 saturated heterocycles. The Morgan fingerprint density at radius 1 is 1.12 bits per heavy atom. The molecule has 1 aliphatic heterocycles. The number of aliphatic hydroxyl groups is 1. The number of nitrogens with zero attached hydrogens (tertiary/aromatic N) is 2. The molecule has 1 fully saturated rings. The number of β-amino-alcohol motifs (C(OH)–C–C–N with tert-alkyl or cyclic N) is 1. The molecule has 3 rings (SSSR count). The Kier molecular flexibility index (Phi) is 5.46. The van der Waals surface area contributed by atoms with E-state index in [-0.39, 0.29) is 11.7 Å². The van der Waals surface area contributed by atoms with Crippen LogP contribution < -0.4 is 0 Å². The summed E-state index contributed by atoms with van der Waals surface area (Å²) in [5, 5.41) is 10.3. The summed E-state index contributed by atoms with van der Waals surface area (Å²) in [6, 6.07) is 14.2. The van der Waals surface area contributed by atoms with Crippen molar-refractivity contribution in [2.24, 2.45) is 0 Å². The molecule has 25 heavy (non-hydrogen) atoms. The highest BCUT2D eigenvalue weighted by atomic mass is 19.1. The fraction of sp³-hybridized carbons (Fsp3) is 0.350. The van der Waals surface area contributed by atoms with Crippen molar-refractivity contribution in [2.75, 3.05) is 32.7 Å². The highest BCUT2D eigenvalue weighted by Crippen LogP contribution is 2.16. The smallest absolute Gasteiger partial charge is 0.254 e. The van der Waals surface area contributed by atoms with Gasteiger partial charge in [-0.25, -0.2) is 4.39 Å². The van der Waals surface area contributed by atoms with Crippen molar-refractivity contribution >= 4 is 5.91 Å². The minimum Gasteiger partial charge on any atom is -0.387 e. The Hall–Kier alpha value is -2.24. The van der Waals surface area contributed by atoms with E-state index >= 15 is 0 Å². The number of aliphatic hydroxyl groups excluding tert-OH is 1. The molecule has 4 nitrogen and oxygen atoms in total. The average Bonchev–Trinajstić information content (AvgIpc) is 2.65. The maximum absolute atomic E-state index is 13.7. The molecule has 5 heteroatoms. The van der Waals surface area contributed by atoms with Crippen LogP contribution in [0.1, 0.15) is 27.6 Å². The van der Waals surface area contributed by atoms with Crippen molar-refractivity contribution in [1.29, 1.82) is 0 Å². The molecule has 1 N–H and O–H groups in total. The summed E-state index contributed by atoms with van der Waals surface area (Å²) in [5.41, 5.74) is 1.83. The number of amides is 1. The predicted octanol–water partition coefficient (Wildman–Crippen LogP) is 2.63. The van der Waals surface area contributed by atoms with Crippen LogP contribution in [-0.4, -0.2) is 53.5 Å². The maximum atomic E-state index is 13.7. The minimum atomic E-state index is -0.533. The first kappa shape index (κ1) is 17.6. The third-order valence-corrected chi connectivity index (χ3v) is 4.69. The van der Waals surface area contributed by atoms with Crippen LogP contribution in [0.2, 0.25) is 0 Å². The van der Waals surface area contributed by atoms with Crippen molar-refractivity contribution < 1.29 is 14.3 Å². The van der Waals surface area contributed by atoms with E-state index in [0.717, 1.165) is 5.56 Å². The second kappa shape index (κ2) is 7.76. The van der Waals surface area contributed by atoms with Gasteiger partial charge in [0.25, 0.3) is 5.91 Å². The van der Waals surface area contributed by atoms with E-state index in [1.54, 1.807) is 24.0 Å². The molecule has 0 bridgehead atoms. The quantitative estimate of drug-likeness (QED) is 0.929. The average molecular weight is 342 g/mol. The Morgan fingerprint density at radius 3 is 2.44 bits per heavy atom. The molecular weight excluding hydrogens is 319 g/mol. The molecule has 0 spiro atoms. The number of hydrogen-bond acceptors (Lipinski definition) is 3. The lowest BCUT2D eigenvalue weighted by Crippen LogP contribution is -2.49. The molecule has 0 saturated carbocycles. The van der Waals surface area contributed by atoms with Crippen LogP contribution in [0.3, 0.4) is 0 Å². The van der Waals surface area contributed by atoms with Crippen molar-refractivity contribution in [3.8, 4) is 0 Å². The van der Waals surface area contributed by atoms with Crippen molar-refractivity contribution in [2.45, 2.75) is 13.0 Å². The summed E-state index contributed by atoms with van der Waals surface area (Å²) in [6.07, 6.45) is -0.533. The number of benzene rings is 2. The van der Waals surface area contributed by atoms with Crippen LogP contribution in [0.15, 0.2) is 48.5 Å². The zero-order valence-electron chi connectivity index (χ0n) is 14.4. The largest absolute Gasteiger partial charge is 0.387 e. The fourth-order valence-electron chi connectivity index (χ4n) is 3.07. The van der Waals surface area contributed by atoms with Crippen LogP contribution >= 0.6 is 0 Å². The highest BCUT2D eigenvalue weighted by molar-refractivity contribution is 5.94. The van der Waals surface area contributed by atoms with Crippen LogP contribution in [-0.2, 0) is 0 Å².